The summed E-state index contributed by atoms with van der Waals surface area (Å²) in [5, 5.41) is 0. The van der Waals surface area contributed by atoms with Gasteiger partial charge in [-0.3, -0.25) is 19.3 Å². The number of likely N-dealkylation sites (tertiary alicyclic amines) is 1. The fraction of sp³-hybridized carbons (Fsp3) is 0.500. The molecule has 1 fully saturated rings. The van der Waals surface area contributed by atoms with Crippen LogP contribution in [0, 0.1) is 5.82 Å². The summed E-state index contributed by atoms with van der Waals surface area (Å²) >= 11 is 0. The highest BCUT2D eigenvalue weighted by Crippen LogP contribution is 2.26. The number of amides is 3. The van der Waals surface area contributed by atoms with E-state index >= 15 is 0 Å². The van der Waals surface area contributed by atoms with Gasteiger partial charge in [0.2, 0.25) is 5.91 Å². The summed E-state index contributed by atoms with van der Waals surface area (Å²) in [7, 11) is 0. The number of carbonyl (C=O) groups excluding carboxylic acids is 3. The first-order chi connectivity index (χ1) is 11.5. The third kappa shape index (κ3) is 2.81. The summed E-state index contributed by atoms with van der Waals surface area (Å²) in [5.41, 5.74) is -0.101. The smallest absolute Gasteiger partial charge is 0.264 e. The minimum absolute atomic E-state index is 0.00243. The standard InChI is InChI=1S/C18H21FN2O3/c1-2-12-6-3-4-10-20(12)15(22)9-11-21-17(23)13-7-5-8-14(19)16(13)18(21)24/h5,7-8,12H,2-4,6,9-11H2,1H3. The second-order valence-corrected chi connectivity index (χ2v) is 6.32. The topological polar surface area (TPSA) is 57.7 Å². The van der Waals surface area contributed by atoms with E-state index in [0.717, 1.165) is 43.2 Å². The molecule has 1 aromatic carbocycles. The van der Waals surface area contributed by atoms with E-state index in [-0.39, 0.29) is 36.0 Å². The summed E-state index contributed by atoms with van der Waals surface area (Å²) in [6, 6.07) is 4.26. The largest absolute Gasteiger partial charge is 0.340 e. The first kappa shape index (κ1) is 16.6. The third-order valence-electron chi connectivity index (χ3n) is 4.92. The summed E-state index contributed by atoms with van der Waals surface area (Å²) in [4.78, 5) is 39.9. The zero-order valence-corrected chi connectivity index (χ0v) is 13.8. The molecule has 3 rings (SSSR count). The Bertz CT molecular complexity index is 689. The van der Waals surface area contributed by atoms with Gasteiger partial charge in [0.15, 0.2) is 0 Å². The number of carbonyl (C=O) groups is 3. The molecule has 24 heavy (non-hydrogen) atoms. The molecule has 2 aliphatic rings. The molecule has 0 aromatic heterocycles. The monoisotopic (exact) mass is 332 g/mol. The minimum atomic E-state index is -0.693. The van der Waals surface area contributed by atoms with Crippen molar-refractivity contribution < 1.29 is 18.8 Å². The number of halogens is 1. The van der Waals surface area contributed by atoms with Crippen molar-refractivity contribution >= 4 is 17.7 Å². The molecule has 0 aliphatic carbocycles. The zero-order valence-electron chi connectivity index (χ0n) is 13.8. The Morgan fingerprint density at radius 3 is 2.75 bits per heavy atom. The third-order valence-corrected chi connectivity index (χ3v) is 4.92. The number of hydrogen-bond donors (Lipinski definition) is 0. The number of piperidine rings is 1. The summed E-state index contributed by atoms with van der Waals surface area (Å²) in [6.45, 7) is 2.79. The molecule has 1 aromatic rings. The number of imide groups is 1. The van der Waals surface area contributed by atoms with Gasteiger partial charge in [0.05, 0.1) is 11.1 Å². The first-order valence-electron chi connectivity index (χ1n) is 8.48. The van der Waals surface area contributed by atoms with Crippen LogP contribution in [0.15, 0.2) is 18.2 Å². The van der Waals surface area contributed by atoms with E-state index in [9.17, 15) is 18.8 Å². The van der Waals surface area contributed by atoms with Crippen LogP contribution in [0.3, 0.4) is 0 Å². The quantitative estimate of drug-likeness (QED) is 0.797. The van der Waals surface area contributed by atoms with Crippen LogP contribution < -0.4 is 0 Å². The first-order valence-corrected chi connectivity index (χ1v) is 8.48. The van der Waals surface area contributed by atoms with Gasteiger partial charge in [-0.05, 0) is 37.8 Å². The maximum atomic E-state index is 13.8. The van der Waals surface area contributed by atoms with E-state index in [1.54, 1.807) is 0 Å². The number of hydrogen-bond acceptors (Lipinski definition) is 3. The lowest BCUT2D eigenvalue weighted by Crippen LogP contribution is -2.44. The lowest BCUT2D eigenvalue weighted by atomic mass is 9.99. The van der Waals surface area contributed by atoms with Crippen LogP contribution in [0.1, 0.15) is 59.7 Å². The van der Waals surface area contributed by atoms with Crippen molar-refractivity contribution in [1.82, 2.24) is 9.80 Å². The maximum Gasteiger partial charge on any atom is 0.264 e. The predicted molar refractivity (Wildman–Crippen MR) is 86.0 cm³/mol. The van der Waals surface area contributed by atoms with E-state index in [2.05, 4.69) is 6.92 Å². The Kier molecular flexibility index (Phi) is 4.64. The van der Waals surface area contributed by atoms with Crippen molar-refractivity contribution in [3.8, 4) is 0 Å². The number of fused-ring (bicyclic) bond motifs is 1. The molecule has 1 atom stereocenters. The average molecular weight is 332 g/mol. The molecular formula is C18H21FN2O3. The average Bonchev–Trinajstić information content (AvgIpc) is 2.84. The fourth-order valence-electron chi connectivity index (χ4n) is 3.60. The van der Waals surface area contributed by atoms with Crippen LogP contribution in [0.4, 0.5) is 4.39 Å². The number of benzene rings is 1. The van der Waals surface area contributed by atoms with Crippen molar-refractivity contribution in [3.05, 3.63) is 35.1 Å². The molecule has 1 saturated heterocycles. The summed E-state index contributed by atoms with van der Waals surface area (Å²) in [6.07, 6.45) is 4.11. The Morgan fingerprint density at radius 1 is 1.25 bits per heavy atom. The van der Waals surface area contributed by atoms with Crippen molar-refractivity contribution in [2.75, 3.05) is 13.1 Å². The second kappa shape index (κ2) is 6.71. The van der Waals surface area contributed by atoms with Gasteiger partial charge in [0, 0.05) is 25.6 Å². The molecule has 0 radical (unpaired) electrons. The van der Waals surface area contributed by atoms with Crippen molar-refractivity contribution in [3.63, 3.8) is 0 Å². The zero-order chi connectivity index (χ0) is 17.3. The predicted octanol–water partition coefficient (Wildman–Crippen LogP) is 2.60. The van der Waals surface area contributed by atoms with Gasteiger partial charge in [-0.1, -0.05) is 13.0 Å². The Balaban J connectivity index is 1.67. The molecule has 1 unspecified atom stereocenters. The minimum Gasteiger partial charge on any atom is -0.340 e. The highest BCUT2D eigenvalue weighted by Gasteiger charge is 2.38. The molecule has 2 aliphatic heterocycles. The van der Waals surface area contributed by atoms with Gasteiger partial charge in [-0.2, -0.15) is 0 Å². The normalized spacial score (nSPS) is 20.5. The van der Waals surface area contributed by atoms with Gasteiger partial charge >= 0.3 is 0 Å². The molecule has 6 heteroatoms. The van der Waals surface area contributed by atoms with E-state index < -0.39 is 17.6 Å². The van der Waals surface area contributed by atoms with Gasteiger partial charge in [0.25, 0.3) is 11.8 Å². The molecule has 5 nitrogen and oxygen atoms in total. The molecule has 2 heterocycles. The molecule has 0 spiro atoms. The van der Waals surface area contributed by atoms with Crippen LogP contribution in [0.25, 0.3) is 0 Å². The van der Waals surface area contributed by atoms with Crippen LogP contribution >= 0.6 is 0 Å². The molecule has 3 amide bonds. The van der Waals surface area contributed by atoms with Crippen molar-refractivity contribution in [1.29, 1.82) is 0 Å². The van der Waals surface area contributed by atoms with E-state index in [4.69, 9.17) is 0 Å². The molecular weight excluding hydrogens is 311 g/mol. The Morgan fingerprint density at radius 2 is 2.04 bits per heavy atom. The molecule has 0 saturated carbocycles. The molecule has 0 bridgehead atoms. The van der Waals surface area contributed by atoms with Crippen molar-refractivity contribution in [2.24, 2.45) is 0 Å². The van der Waals surface area contributed by atoms with Crippen LogP contribution in [-0.4, -0.2) is 46.7 Å². The van der Waals surface area contributed by atoms with Crippen molar-refractivity contribution in [2.45, 2.75) is 45.1 Å². The summed E-state index contributed by atoms with van der Waals surface area (Å²) < 4.78 is 13.8. The van der Waals surface area contributed by atoms with Crippen LogP contribution in [0.5, 0.6) is 0 Å². The van der Waals surface area contributed by atoms with Gasteiger partial charge in [-0.25, -0.2) is 4.39 Å². The molecule has 0 N–H and O–H groups in total. The van der Waals surface area contributed by atoms with Gasteiger partial charge < -0.3 is 4.90 Å². The van der Waals surface area contributed by atoms with E-state index in [0.29, 0.717) is 0 Å². The fourth-order valence-corrected chi connectivity index (χ4v) is 3.60. The number of rotatable bonds is 4. The molecule has 128 valence electrons. The van der Waals surface area contributed by atoms with Gasteiger partial charge in [-0.15, -0.1) is 0 Å². The maximum absolute atomic E-state index is 13.8. The summed E-state index contributed by atoms with van der Waals surface area (Å²) in [5.74, 6) is -1.90. The lowest BCUT2D eigenvalue weighted by molar-refractivity contribution is -0.135. The van der Waals surface area contributed by atoms with Gasteiger partial charge in [0.1, 0.15) is 5.82 Å². The Hall–Kier alpha value is -2.24. The highest BCUT2D eigenvalue weighted by molar-refractivity contribution is 6.21. The van der Waals surface area contributed by atoms with Crippen LogP contribution in [0.2, 0.25) is 0 Å². The van der Waals surface area contributed by atoms with E-state index in [1.165, 1.54) is 12.1 Å². The van der Waals surface area contributed by atoms with Crippen LogP contribution in [-0.2, 0) is 4.79 Å². The Labute approximate surface area is 140 Å². The van der Waals surface area contributed by atoms with E-state index in [1.807, 2.05) is 4.90 Å². The number of nitrogens with zero attached hydrogens (tertiary/aromatic N) is 2. The SMILES string of the molecule is CCC1CCCCN1C(=O)CCN1C(=O)c2cccc(F)c2C1=O. The lowest BCUT2D eigenvalue weighted by Gasteiger charge is -2.35. The highest BCUT2D eigenvalue weighted by atomic mass is 19.1. The second-order valence-electron chi connectivity index (χ2n) is 6.32.